The number of hydrogen-bond acceptors (Lipinski definition) is 11. The van der Waals surface area contributed by atoms with Crippen LogP contribution in [0.1, 0.15) is 62.1 Å². The van der Waals surface area contributed by atoms with Crippen LogP contribution in [0.3, 0.4) is 0 Å². The Labute approximate surface area is 271 Å². The lowest BCUT2D eigenvalue weighted by molar-refractivity contribution is 0.0425. The number of fused-ring (bicyclic) bond motifs is 2. The van der Waals surface area contributed by atoms with Gasteiger partial charge in [-0.2, -0.15) is 0 Å². The number of benzene rings is 5. The van der Waals surface area contributed by atoms with Gasteiger partial charge >= 0.3 is 35.8 Å². The van der Waals surface area contributed by atoms with Gasteiger partial charge in [0.15, 0.2) is 11.5 Å². The second-order valence-electron chi connectivity index (χ2n) is 10.6. The average molecular weight is 641 g/mol. The van der Waals surface area contributed by atoms with E-state index in [2.05, 4.69) is 9.47 Å². The number of carbonyl (C=O) groups excluding carboxylic acids is 6. The van der Waals surface area contributed by atoms with Crippen molar-refractivity contribution >= 4 is 35.8 Å². The van der Waals surface area contributed by atoms with E-state index in [0.29, 0.717) is 11.5 Å². The Bertz CT molecular complexity index is 2210. The third kappa shape index (κ3) is 5.45. The number of rotatable bonds is 7. The van der Waals surface area contributed by atoms with Gasteiger partial charge in [0, 0.05) is 0 Å². The second kappa shape index (κ2) is 11.8. The summed E-state index contributed by atoms with van der Waals surface area (Å²) >= 11 is 0. The molecule has 5 aromatic rings. The first-order valence-corrected chi connectivity index (χ1v) is 14.3. The van der Waals surface area contributed by atoms with Gasteiger partial charge in [-0.15, -0.1) is 0 Å². The molecule has 5 aromatic carbocycles. The molecule has 0 amide bonds. The average Bonchev–Trinajstić information content (AvgIpc) is 3.56. The van der Waals surface area contributed by atoms with E-state index < -0.39 is 35.8 Å². The number of hydrogen-bond donors (Lipinski definition) is 0. The third-order valence-corrected chi connectivity index (χ3v) is 7.74. The van der Waals surface area contributed by atoms with Crippen LogP contribution in [0.5, 0.6) is 17.2 Å². The standard InChI is InChI=1S/C37H20O11/c1-44-31-18-22(10-15-30(31)46-33(39)24-9-14-27-29(17-24)37(43)48-35(27)41)21-4-2-19(3-5-21)20-6-11-25(12-7-20)45-32(38)23-8-13-26-28(16-23)36(42)47-34(26)40/h2-18H,1H3. The topological polar surface area (TPSA) is 149 Å². The fourth-order valence-electron chi connectivity index (χ4n) is 5.25. The molecule has 234 valence electrons. The monoisotopic (exact) mass is 640 g/mol. The Morgan fingerprint density at radius 3 is 1.42 bits per heavy atom. The Morgan fingerprint density at radius 2 is 0.896 bits per heavy atom. The highest BCUT2D eigenvalue weighted by atomic mass is 16.6. The van der Waals surface area contributed by atoms with E-state index in [-0.39, 0.29) is 39.1 Å². The van der Waals surface area contributed by atoms with E-state index in [1.807, 2.05) is 24.3 Å². The summed E-state index contributed by atoms with van der Waals surface area (Å²) in [6.45, 7) is 0. The first kappa shape index (κ1) is 29.8. The molecule has 0 bridgehead atoms. The van der Waals surface area contributed by atoms with Crippen molar-refractivity contribution in [2.45, 2.75) is 0 Å². The zero-order valence-corrected chi connectivity index (χ0v) is 24.8. The van der Waals surface area contributed by atoms with Crippen molar-refractivity contribution in [2.24, 2.45) is 0 Å². The maximum Gasteiger partial charge on any atom is 0.346 e. The van der Waals surface area contributed by atoms with Crippen LogP contribution < -0.4 is 14.2 Å². The molecule has 0 spiro atoms. The summed E-state index contributed by atoms with van der Waals surface area (Å²) < 4.78 is 25.6. The van der Waals surface area contributed by atoms with E-state index in [1.165, 1.54) is 43.5 Å². The van der Waals surface area contributed by atoms with Crippen LogP contribution in [0, 0.1) is 0 Å². The van der Waals surface area contributed by atoms with Gasteiger partial charge in [0.2, 0.25) is 0 Å². The van der Waals surface area contributed by atoms with E-state index in [0.717, 1.165) is 22.3 Å². The van der Waals surface area contributed by atoms with Crippen LogP contribution in [0.15, 0.2) is 103 Å². The molecule has 0 atom stereocenters. The number of ether oxygens (including phenoxy) is 5. The predicted octanol–water partition coefficient (Wildman–Crippen LogP) is 6.09. The summed E-state index contributed by atoms with van der Waals surface area (Å²) in [4.78, 5) is 72.5. The molecule has 0 unspecified atom stereocenters. The molecule has 48 heavy (non-hydrogen) atoms. The summed E-state index contributed by atoms with van der Waals surface area (Å²) in [5.41, 5.74) is 3.81. The molecule has 2 aliphatic rings. The van der Waals surface area contributed by atoms with Gasteiger partial charge in [-0.3, -0.25) is 0 Å². The van der Waals surface area contributed by atoms with Crippen molar-refractivity contribution in [3.63, 3.8) is 0 Å². The van der Waals surface area contributed by atoms with E-state index in [9.17, 15) is 28.8 Å². The van der Waals surface area contributed by atoms with Gasteiger partial charge in [-0.25, -0.2) is 28.8 Å². The molecule has 0 saturated heterocycles. The number of cyclic esters (lactones) is 4. The molecular formula is C37H20O11. The van der Waals surface area contributed by atoms with Gasteiger partial charge in [-0.05, 0) is 82.9 Å². The molecule has 0 fully saturated rings. The van der Waals surface area contributed by atoms with Crippen LogP contribution >= 0.6 is 0 Å². The van der Waals surface area contributed by atoms with Gasteiger partial charge in [0.05, 0.1) is 40.5 Å². The highest BCUT2D eigenvalue weighted by Crippen LogP contribution is 2.34. The van der Waals surface area contributed by atoms with E-state index in [4.69, 9.17) is 14.2 Å². The Hall–Kier alpha value is -6.88. The third-order valence-electron chi connectivity index (χ3n) is 7.74. The van der Waals surface area contributed by atoms with Crippen molar-refractivity contribution < 1.29 is 52.5 Å². The lowest BCUT2D eigenvalue weighted by atomic mass is 10.00. The minimum atomic E-state index is -0.820. The zero-order chi connectivity index (χ0) is 33.5. The summed E-state index contributed by atoms with van der Waals surface area (Å²) in [6.07, 6.45) is 0. The second-order valence-corrected chi connectivity index (χ2v) is 10.6. The molecule has 0 saturated carbocycles. The molecule has 0 aliphatic carbocycles. The van der Waals surface area contributed by atoms with E-state index in [1.54, 1.807) is 42.5 Å². The van der Waals surface area contributed by atoms with Crippen molar-refractivity contribution in [1.29, 1.82) is 0 Å². The summed E-state index contributed by atoms with van der Waals surface area (Å²) in [5.74, 6) is -3.81. The maximum absolute atomic E-state index is 12.8. The van der Waals surface area contributed by atoms with Crippen LogP contribution in [0.2, 0.25) is 0 Å². The Morgan fingerprint density at radius 1 is 0.458 bits per heavy atom. The van der Waals surface area contributed by atoms with Gasteiger partial charge in [0.1, 0.15) is 5.75 Å². The molecular weight excluding hydrogens is 620 g/mol. The minimum Gasteiger partial charge on any atom is -0.493 e. The van der Waals surface area contributed by atoms with Gasteiger partial charge in [0.25, 0.3) is 0 Å². The van der Waals surface area contributed by atoms with Crippen LogP contribution in [0.25, 0.3) is 22.3 Å². The van der Waals surface area contributed by atoms with Gasteiger partial charge in [-0.1, -0.05) is 42.5 Å². The lowest BCUT2D eigenvalue weighted by Gasteiger charge is -2.12. The van der Waals surface area contributed by atoms with E-state index >= 15 is 0 Å². The summed E-state index contributed by atoms with van der Waals surface area (Å²) in [7, 11) is 1.45. The zero-order valence-electron chi connectivity index (χ0n) is 24.8. The molecule has 11 heteroatoms. The number of methoxy groups -OCH3 is 1. The first-order chi connectivity index (χ1) is 23.2. The molecule has 11 nitrogen and oxygen atoms in total. The van der Waals surface area contributed by atoms with Crippen molar-refractivity contribution in [1.82, 2.24) is 0 Å². The van der Waals surface area contributed by atoms with Crippen molar-refractivity contribution in [3.05, 3.63) is 137 Å². The smallest absolute Gasteiger partial charge is 0.346 e. The fourth-order valence-corrected chi connectivity index (χ4v) is 5.25. The van der Waals surface area contributed by atoms with Crippen LogP contribution in [-0.2, 0) is 9.47 Å². The van der Waals surface area contributed by atoms with Crippen LogP contribution in [0.4, 0.5) is 0 Å². The molecule has 2 aliphatic heterocycles. The minimum absolute atomic E-state index is 0.00131. The number of esters is 6. The largest absolute Gasteiger partial charge is 0.493 e. The fraction of sp³-hybridized carbons (Fsp3) is 0.0270. The van der Waals surface area contributed by atoms with Crippen molar-refractivity contribution in [2.75, 3.05) is 7.11 Å². The maximum atomic E-state index is 12.8. The quantitative estimate of drug-likeness (QED) is 0.116. The Kier molecular flexibility index (Phi) is 7.33. The normalized spacial score (nSPS) is 12.9. The van der Waals surface area contributed by atoms with Gasteiger partial charge < -0.3 is 23.7 Å². The van der Waals surface area contributed by atoms with Crippen LogP contribution in [-0.4, -0.2) is 42.9 Å². The Balaban J connectivity index is 1.02. The first-order valence-electron chi connectivity index (χ1n) is 14.3. The summed E-state index contributed by atoms with van der Waals surface area (Å²) in [5, 5.41) is 0. The molecule has 0 aromatic heterocycles. The lowest BCUT2D eigenvalue weighted by Crippen LogP contribution is -2.10. The number of carbonyl (C=O) groups is 6. The van der Waals surface area contributed by atoms with Crippen molar-refractivity contribution in [3.8, 4) is 39.5 Å². The summed E-state index contributed by atoms with van der Waals surface area (Å²) in [6, 6.07) is 27.6. The predicted molar refractivity (Wildman–Crippen MR) is 166 cm³/mol. The highest BCUT2D eigenvalue weighted by Gasteiger charge is 2.32. The molecule has 0 N–H and O–H groups in total. The highest BCUT2D eigenvalue weighted by molar-refractivity contribution is 6.16. The SMILES string of the molecule is COc1cc(-c2ccc(-c3ccc(OC(=O)c4ccc5c(c4)C(=O)OC5=O)cc3)cc2)ccc1OC(=O)c1ccc2c(c1)C(=O)OC2=O. The molecule has 0 radical (unpaired) electrons. The molecule has 7 rings (SSSR count). The molecule has 2 heterocycles.